The van der Waals surface area contributed by atoms with E-state index in [2.05, 4.69) is 23.8 Å². The molecule has 0 spiro atoms. The maximum Gasteiger partial charge on any atom is 0.168 e. The summed E-state index contributed by atoms with van der Waals surface area (Å²) in [5.74, 6) is 1.41. The molecule has 23 heavy (non-hydrogen) atoms. The highest BCUT2D eigenvalue weighted by molar-refractivity contribution is 8.32. The normalized spacial score (nSPS) is 16.0. The van der Waals surface area contributed by atoms with E-state index in [0.29, 0.717) is 23.9 Å². The van der Waals surface area contributed by atoms with Crippen LogP contribution in [-0.2, 0) is 11.5 Å². The lowest BCUT2D eigenvalue weighted by Gasteiger charge is -2.24. The van der Waals surface area contributed by atoms with Crippen LogP contribution in [0.15, 0.2) is 18.5 Å². The zero-order chi connectivity index (χ0) is 16.6. The number of ketones is 1. The van der Waals surface area contributed by atoms with Crippen LogP contribution in [0.5, 0.6) is 0 Å². The minimum atomic E-state index is -0.564. The van der Waals surface area contributed by atoms with E-state index in [1.165, 1.54) is 0 Å². The molecule has 1 aliphatic rings. The Morgan fingerprint density at radius 1 is 1.43 bits per heavy atom. The monoisotopic (exact) mass is 354 g/mol. The van der Waals surface area contributed by atoms with Crippen molar-refractivity contribution in [3.05, 3.63) is 29.0 Å². The zero-order valence-electron chi connectivity index (χ0n) is 13.8. The van der Waals surface area contributed by atoms with E-state index in [1.807, 2.05) is 10.8 Å². The molecule has 2 aromatic rings. The molecule has 0 radical (unpaired) electrons. The Labute approximate surface area is 143 Å². The average Bonchev–Trinajstić information content (AvgIpc) is 3.25. The minimum absolute atomic E-state index is 0.163. The van der Waals surface area contributed by atoms with E-state index in [9.17, 15) is 4.79 Å². The lowest BCUT2D eigenvalue weighted by atomic mass is 10.1. The molecule has 2 heterocycles. The molecule has 0 aliphatic heterocycles. The predicted octanol–water partition coefficient (Wildman–Crippen LogP) is 3.95. The largest absolute Gasteiger partial charge is 0.360 e. The highest BCUT2D eigenvalue weighted by atomic mass is 35.5. The van der Waals surface area contributed by atoms with Gasteiger partial charge < -0.3 is 9.30 Å². The van der Waals surface area contributed by atoms with Crippen LogP contribution in [0, 0.1) is 5.92 Å². The smallest absolute Gasteiger partial charge is 0.168 e. The van der Waals surface area contributed by atoms with Gasteiger partial charge in [-0.05, 0) is 37.7 Å². The minimum Gasteiger partial charge on any atom is -0.360 e. The number of Topliss-reactive ketones (excluding diaryl/α,β-unsaturated/α-hetero) is 1. The second-order valence-corrected chi connectivity index (χ2v) is 12.0. The van der Waals surface area contributed by atoms with Crippen molar-refractivity contribution < 1.29 is 9.53 Å². The van der Waals surface area contributed by atoms with Crippen LogP contribution in [0.25, 0.3) is 11.0 Å². The number of halogens is 1. The average molecular weight is 355 g/mol. The molecule has 1 aliphatic carbocycles. The van der Waals surface area contributed by atoms with Crippen molar-refractivity contribution in [3.8, 4) is 0 Å². The first-order chi connectivity index (χ1) is 10.9. The van der Waals surface area contributed by atoms with Gasteiger partial charge in [-0.1, -0.05) is 11.6 Å². The molecule has 0 aromatic carbocycles. The Bertz CT molecular complexity index is 732. The Hall–Kier alpha value is -1.04. The molecular weight excluding hydrogens is 332 g/mol. The fourth-order valence-corrected chi connectivity index (χ4v) is 3.36. The van der Waals surface area contributed by atoms with Crippen LogP contribution in [0.2, 0.25) is 5.02 Å². The predicted molar refractivity (Wildman–Crippen MR) is 98.0 cm³/mol. The summed E-state index contributed by atoms with van der Waals surface area (Å²) in [4.78, 5) is 16.9. The molecule has 1 saturated carbocycles. The van der Waals surface area contributed by atoms with Gasteiger partial charge >= 0.3 is 0 Å². The van der Waals surface area contributed by atoms with Gasteiger partial charge in [0.05, 0.1) is 11.6 Å². The van der Waals surface area contributed by atoms with Crippen molar-refractivity contribution in [1.82, 2.24) is 9.55 Å². The quantitative estimate of drug-likeness (QED) is 0.558. The van der Waals surface area contributed by atoms with E-state index in [4.69, 9.17) is 16.3 Å². The SMILES string of the molecule is CS(C)(C)CCOCn1cc(C(=O)C2CC2)c2c(Cl)ccnc21. The molecule has 0 bridgehead atoms. The number of nitrogens with zero attached hydrogens (tertiary/aromatic N) is 2. The third kappa shape index (κ3) is 3.90. The first kappa shape index (κ1) is 16.8. The van der Waals surface area contributed by atoms with Crippen LogP contribution >= 0.6 is 21.6 Å². The van der Waals surface area contributed by atoms with Gasteiger partial charge in [-0.3, -0.25) is 4.79 Å². The summed E-state index contributed by atoms with van der Waals surface area (Å²) in [5.41, 5.74) is 1.41. The number of rotatable bonds is 7. The number of carbonyl (C=O) groups is 1. The third-order valence-corrected chi connectivity index (χ3v) is 5.70. The molecule has 0 N–H and O–H groups in total. The van der Waals surface area contributed by atoms with Crippen molar-refractivity contribution in [1.29, 1.82) is 0 Å². The zero-order valence-corrected chi connectivity index (χ0v) is 15.4. The maximum atomic E-state index is 12.5. The van der Waals surface area contributed by atoms with Gasteiger partial charge in [0.25, 0.3) is 0 Å². The van der Waals surface area contributed by atoms with Gasteiger partial charge in [-0.2, -0.15) is 0 Å². The van der Waals surface area contributed by atoms with E-state index in [1.54, 1.807) is 12.3 Å². The lowest BCUT2D eigenvalue weighted by molar-refractivity contribution is 0.0915. The second-order valence-electron chi connectivity index (χ2n) is 6.97. The fourth-order valence-electron chi connectivity index (χ4n) is 2.50. The molecule has 1 fully saturated rings. The standard InChI is InChI=1S/C17H23ClN2O2S/c1-23(2,3)9-8-22-11-20-10-13(16(21)12-4-5-12)15-14(18)6-7-19-17(15)20/h6-7,10,12H,4-5,8-9,11H2,1-3H3. The van der Waals surface area contributed by atoms with Gasteiger partial charge in [0, 0.05) is 35.0 Å². The van der Waals surface area contributed by atoms with E-state index in [0.717, 1.165) is 29.6 Å². The van der Waals surface area contributed by atoms with Crippen LogP contribution in [0.1, 0.15) is 23.2 Å². The van der Waals surface area contributed by atoms with E-state index < -0.39 is 10.0 Å². The van der Waals surface area contributed by atoms with Gasteiger partial charge in [-0.25, -0.2) is 15.0 Å². The molecule has 4 nitrogen and oxygen atoms in total. The number of fused-ring (bicyclic) bond motifs is 1. The first-order valence-electron chi connectivity index (χ1n) is 7.78. The van der Waals surface area contributed by atoms with E-state index in [-0.39, 0.29) is 11.7 Å². The molecule has 0 saturated heterocycles. The van der Waals surface area contributed by atoms with Crippen molar-refractivity contribution in [2.75, 3.05) is 31.1 Å². The molecule has 0 unspecified atom stereocenters. The molecule has 3 rings (SSSR count). The van der Waals surface area contributed by atoms with Gasteiger partial charge in [0.1, 0.15) is 12.4 Å². The summed E-state index contributed by atoms with van der Waals surface area (Å²) in [6.07, 6.45) is 12.3. The number of hydrogen-bond acceptors (Lipinski definition) is 3. The van der Waals surface area contributed by atoms with Crippen LogP contribution in [-0.4, -0.2) is 46.5 Å². The number of pyridine rings is 1. The Morgan fingerprint density at radius 3 is 2.83 bits per heavy atom. The number of aromatic nitrogens is 2. The number of hydrogen-bond donors (Lipinski definition) is 0. The topological polar surface area (TPSA) is 44.1 Å². The molecule has 6 heteroatoms. The Balaban J connectivity index is 1.83. The maximum absolute atomic E-state index is 12.5. The summed E-state index contributed by atoms with van der Waals surface area (Å²) >= 11 is 6.32. The lowest BCUT2D eigenvalue weighted by Crippen LogP contribution is -2.09. The van der Waals surface area contributed by atoms with Gasteiger partial charge in [0.15, 0.2) is 5.78 Å². The summed E-state index contributed by atoms with van der Waals surface area (Å²) < 4.78 is 7.70. The summed E-state index contributed by atoms with van der Waals surface area (Å²) in [5, 5.41) is 1.34. The van der Waals surface area contributed by atoms with Crippen molar-refractivity contribution in [3.63, 3.8) is 0 Å². The van der Waals surface area contributed by atoms with Crippen molar-refractivity contribution in [2.45, 2.75) is 19.6 Å². The molecule has 2 aromatic heterocycles. The second kappa shape index (κ2) is 6.46. The molecular formula is C17H23ClN2O2S. The third-order valence-electron chi connectivity index (χ3n) is 3.99. The van der Waals surface area contributed by atoms with Gasteiger partial charge in [0.2, 0.25) is 0 Å². The summed E-state index contributed by atoms with van der Waals surface area (Å²) in [6, 6.07) is 1.74. The van der Waals surface area contributed by atoms with Crippen LogP contribution in [0.4, 0.5) is 0 Å². The number of ether oxygens (including phenoxy) is 1. The van der Waals surface area contributed by atoms with Gasteiger partial charge in [-0.15, -0.1) is 0 Å². The van der Waals surface area contributed by atoms with E-state index >= 15 is 0 Å². The Morgan fingerprint density at radius 2 is 2.17 bits per heavy atom. The first-order valence-corrected chi connectivity index (χ1v) is 11.2. The van der Waals surface area contributed by atoms with Crippen molar-refractivity contribution >= 4 is 38.4 Å². The molecule has 0 atom stereocenters. The highest BCUT2D eigenvalue weighted by Gasteiger charge is 2.33. The Kier molecular flexibility index (Phi) is 4.72. The van der Waals surface area contributed by atoms with Crippen molar-refractivity contribution in [2.24, 2.45) is 5.92 Å². The molecule has 0 amide bonds. The number of carbonyl (C=O) groups excluding carboxylic acids is 1. The van der Waals surface area contributed by atoms with Crippen LogP contribution < -0.4 is 0 Å². The van der Waals surface area contributed by atoms with Crippen LogP contribution in [0.3, 0.4) is 0 Å². The summed E-state index contributed by atoms with van der Waals surface area (Å²) in [6.45, 7) is 1.11. The highest BCUT2D eigenvalue weighted by Crippen LogP contribution is 2.37. The fraction of sp³-hybridized carbons (Fsp3) is 0.529. The summed E-state index contributed by atoms with van der Waals surface area (Å²) in [7, 11) is -0.564. The molecule has 126 valence electrons.